The highest BCUT2D eigenvalue weighted by molar-refractivity contribution is 9.10. The molecule has 128 valence electrons. The third-order valence-corrected chi connectivity index (χ3v) is 3.60. The van der Waals surface area contributed by atoms with E-state index in [9.17, 15) is 9.59 Å². The Bertz CT molecular complexity index is 764. The van der Waals surface area contributed by atoms with E-state index in [0.29, 0.717) is 21.5 Å². The van der Waals surface area contributed by atoms with Crippen molar-refractivity contribution in [1.82, 2.24) is 0 Å². The SMILES string of the molecule is COc1ccc(OC)c(C(=O)C[n+]2cc(Br)cc(C(=O)O)c2)c1.[Br-]. The first-order chi connectivity index (χ1) is 10.9. The lowest BCUT2D eigenvalue weighted by molar-refractivity contribution is -0.683. The maximum absolute atomic E-state index is 12.5. The molecule has 6 nitrogen and oxygen atoms in total. The van der Waals surface area contributed by atoms with Crippen molar-refractivity contribution in [3.63, 3.8) is 0 Å². The molecule has 0 radical (unpaired) electrons. The van der Waals surface area contributed by atoms with Gasteiger partial charge in [-0.2, -0.15) is 4.57 Å². The molecule has 8 heteroatoms. The molecule has 0 aliphatic rings. The fourth-order valence-electron chi connectivity index (χ4n) is 2.09. The molecule has 1 aromatic heterocycles. The first-order valence-corrected chi connectivity index (χ1v) is 7.42. The van der Waals surface area contributed by atoms with Gasteiger partial charge in [-0.25, -0.2) is 4.79 Å². The Morgan fingerprint density at radius 3 is 2.46 bits per heavy atom. The minimum absolute atomic E-state index is 0. The van der Waals surface area contributed by atoms with E-state index < -0.39 is 5.97 Å². The molecule has 2 rings (SSSR count). The number of carboxylic acid groups (broad SMARTS) is 1. The van der Waals surface area contributed by atoms with E-state index in [1.807, 2.05) is 0 Å². The summed E-state index contributed by atoms with van der Waals surface area (Å²) in [5.41, 5.74) is 0.459. The molecule has 0 amide bonds. The van der Waals surface area contributed by atoms with Gasteiger partial charge in [-0.3, -0.25) is 4.79 Å². The Morgan fingerprint density at radius 2 is 1.88 bits per heavy atom. The molecule has 0 aliphatic heterocycles. The fourth-order valence-corrected chi connectivity index (χ4v) is 2.60. The van der Waals surface area contributed by atoms with Crippen LogP contribution in [0, 0.1) is 0 Å². The van der Waals surface area contributed by atoms with Crippen LogP contribution in [0.15, 0.2) is 41.1 Å². The highest BCUT2D eigenvalue weighted by atomic mass is 79.9. The van der Waals surface area contributed by atoms with Gasteiger partial charge in [0.25, 0.3) is 0 Å². The van der Waals surface area contributed by atoms with E-state index in [1.165, 1.54) is 31.0 Å². The first-order valence-electron chi connectivity index (χ1n) is 6.62. The molecular formula is C16H15Br2NO5. The molecule has 24 heavy (non-hydrogen) atoms. The van der Waals surface area contributed by atoms with Crippen molar-refractivity contribution in [2.75, 3.05) is 14.2 Å². The van der Waals surface area contributed by atoms with Crippen LogP contribution in [0.25, 0.3) is 0 Å². The number of carbonyl (C=O) groups excluding carboxylic acids is 1. The predicted molar refractivity (Wildman–Crippen MR) is 85.2 cm³/mol. The number of rotatable bonds is 6. The molecule has 1 aromatic carbocycles. The van der Waals surface area contributed by atoms with Crippen molar-refractivity contribution in [3.8, 4) is 11.5 Å². The van der Waals surface area contributed by atoms with Crippen LogP contribution in [0.3, 0.4) is 0 Å². The Hall–Kier alpha value is -1.93. The van der Waals surface area contributed by atoms with Crippen LogP contribution < -0.4 is 31.0 Å². The number of ketones is 1. The van der Waals surface area contributed by atoms with E-state index >= 15 is 0 Å². The van der Waals surface area contributed by atoms with Gasteiger partial charge >= 0.3 is 5.97 Å². The van der Waals surface area contributed by atoms with Crippen molar-refractivity contribution in [3.05, 3.63) is 52.3 Å². The summed E-state index contributed by atoms with van der Waals surface area (Å²) in [5.74, 6) is -0.309. The van der Waals surface area contributed by atoms with Gasteiger partial charge in [0.15, 0.2) is 12.4 Å². The van der Waals surface area contributed by atoms with Crippen molar-refractivity contribution >= 4 is 27.7 Å². The Kier molecular flexibility index (Phi) is 7.37. The van der Waals surface area contributed by atoms with Crippen LogP contribution in [-0.2, 0) is 6.54 Å². The highest BCUT2D eigenvalue weighted by Crippen LogP contribution is 2.24. The molecule has 1 heterocycles. The summed E-state index contributed by atoms with van der Waals surface area (Å²) in [4.78, 5) is 23.6. The van der Waals surface area contributed by atoms with Gasteiger partial charge in [-0.1, -0.05) is 0 Å². The van der Waals surface area contributed by atoms with Crippen molar-refractivity contribution in [2.45, 2.75) is 6.54 Å². The van der Waals surface area contributed by atoms with Gasteiger partial charge in [0.2, 0.25) is 12.3 Å². The molecule has 0 saturated carbocycles. The number of hydrogen-bond donors (Lipinski definition) is 1. The number of aromatic carboxylic acids is 1. The molecule has 0 atom stereocenters. The number of ether oxygens (including phenoxy) is 2. The maximum atomic E-state index is 12.5. The topological polar surface area (TPSA) is 76.7 Å². The van der Waals surface area contributed by atoms with Crippen molar-refractivity contribution in [2.24, 2.45) is 0 Å². The number of hydrogen-bond acceptors (Lipinski definition) is 4. The largest absolute Gasteiger partial charge is 1.00 e. The molecule has 0 unspecified atom stereocenters. The highest BCUT2D eigenvalue weighted by Gasteiger charge is 2.20. The Labute approximate surface area is 157 Å². The number of halogens is 2. The second-order valence-corrected chi connectivity index (χ2v) is 5.63. The van der Waals surface area contributed by atoms with E-state index in [4.69, 9.17) is 14.6 Å². The molecule has 0 fully saturated rings. The zero-order valence-electron chi connectivity index (χ0n) is 13.0. The predicted octanol–water partition coefficient (Wildman–Crippen LogP) is -0.661. The fraction of sp³-hybridized carbons (Fsp3) is 0.188. The van der Waals surface area contributed by atoms with Crippen LogP contribution >= 0.6 is 15.9 Å². The summed E-state index contributed by atoms with van der Waals surface area (Å²) in [6, 6.07) is 6.41. The lowest BCUT2D eigenvalue weighted by Crippen LogP contribution is -3.00. The minimum atomic E-state index is -1.06. The summed E-state index contributed by atoms with van der Waals surface area (Å²) in [7, 11) is 2.99. The average molecular weight is 461 g/mol. The molecule has 0 saturated heterocycles. The van der Waals surface area contributed by atoms with Gasteiger partial charge in [0.05, 0.1) is 24.3 Å². The van der Waals surface area contributed by atoms with Crippen LogP contribution in [-0.4, -0.2) is 31.1 Å². The smallest absolute Gasteiger partial charge is 0.341 e. The third-order valence-electron chi connectivity index (χ3n) is 3.17. The molecule has 0 bridgehead atoms. The molecule has 0 spiro atoms. The Morgan fingerprint density at radius 1 is 1.17 bits per heavy atom. The molecule has 1 N–H and O–H groups in total. The van der Waals surface area contributed by atoms with Gasteiger partial charge in [-0.15, -0.1) is 0 Å². The maximum Gasteiger partial charge on any atom is 0.341 e. The number of carbonyl (C=O) groups is 2. The Balaban J connectivity index is 0.00000288. The van der Waals surface area contributed by atoms with Crippen LogP contribution in [0.5, 0.6) is 11.5 Å². The number of nitrogens with zero attached hydrogens (tertiary/aromatic N) is 1. The van der Waals surface area contributed by atoms with E-state index in [1.54, 1.807) is 24.4 Å². The number of aromatic nitrogens is 1. The second kappa shape index (κ2) is 8.79. The normalized spacial score (nSPS) is 9.79. The number of methoxy groups -OCH3 is 2. The third kappa shape index (κ3) is 4.78. The van der Waals surface area contributed by atoms with E-state index in [0.717, 1.165) is 0 Å². The summed E-state index contributed by atoms with van der Waals surface area (Å²) in [5, 5.41) is 9.08. The zero-order chi connectivity index (χ0) is 17.0. The number of pyridine rings is 1. The number of benzene rings is 1. The summed E-state index contributed by atoms with van der Waals surface area (Å²) in [6.07, 6.45) is 3.04. The molecule has 0 aliphatic carbocycles. The number of Topliss-reactive ketones (excluding diaryl/α,β-unsaturated/α-hetero) is 1. The first kappa shape index (κ1) is 20.1. The minimum Gasteiger partial charge on any atom is -1.00 e. The molecular weight excluding hydrogens is 446 g/mol. The van der Waals surface area contributed by atoms with Gasteiger partial charge in [-0.05, 0) is 40.2 Å². The summed E-state index contributed by atoms with van der Waals surface area (Å²) < 4.78 is 12.4. The van der Waals surface area contributed by atoms with Crippen LogP contribution in [0.1, 0.15) is 20.7 Å². The summed E-state index contributed by atoms with van der Waals surface area (Å²) >= 11 is 3.24. The van der Waals surface area contributed by atoms with E-state index in [-0.39, 0.29) is 34.9 Å². The lowest BCUT2D eigenvalue weighted by atomic mass is 10.1. The second-order valence-electron chi connectivity index (χ2n) is 4.71. The quantitative estimate of drug-likeness (QED) is 0.457. The van der Waals surface area contributed by atoms with E-state index in [2.05, 4.69) is 15.9 Å². The van der Waals surface area contributed by atoms with Crippen molar-refractivity contribution < 1.29 is 45.7 Å². The molecule has 2 aromatic rings. The van der Waals surface area contributed by atoms with Crippen molar-refractivity contribution in [1.29, 1.82) is 0 Å². The van der Waals surface area contributed by atoms with Gasteiger partial charge in [0, 0.05) is 0 Å². The van der Waals surface area contributed by atoms with Gasteiger partial charge < -0.3 is 31.6 Å². The monoisotopic (exact) mass is 459 g/mol. The average Bonchev–Trinajstić information content (AvgIpc) is 2.53. The zero-order valence-corrected chi connectivity index (χ0v) is 16.1. The number of carboxylic acids is 1. The standard InChI is InChI=1S/C16H14BrNO5.BrH/c1-22-12-3-4-15(23-2)13(6-12)14(19)9-18-7-10(16(20)21)5-11(17)8-18;/h3-8H,9H2,1-2H3;1H. The summed E-state index contributed by atoms with van der Waals surface area (Å²) in [6.45, 7) is -0.0246. The van der Waals surface area contributed by atoms with Crippen LogP contribution in [0.4, 0.5) is 0 Å². The van der Waals surface area contributed by atoms with Crippen LogP contribution in [0.2, 0.25) is 0 Å². The van der Waals surface area contributed by atoms with Gasteiger partial charge in [0.1, 0.15) is 17.1 Å². The lowest BCUT2D eigenvalue weighted by Gasteiger charge is -2.08.